The molecule has 1 fully saturated rings. The van der Waals surface area contributed by atoms with Crippen molar-refractivity contribution >= 4 is 35.0 Å². The lowest BCUT2D eigenvalue weighted by molar-refractivity contribution is -0.149. The zero-order valence-corrected chi connectivity index (χ0v) is 9.88. The first-order chi connectivity index (χ1) is 7.52. The number of carbonyl (C=O) groups is 2. The maximum absolute atomic E-state index is 11.4. The molecule has 1 heterocycles. The van der Waals surface area contributed by atoms with Gasteiger partial charge in [-0.15, -0.1) is 0 Å². The molecule has 3 nitrogen and oxygen atoms in total. The Labute approximate surface area is 102 Å². The van der Waals surface area contributed by atoms with Crippen LogP contribution in [0.5, 0.6) is 0 Å². The van der Waals surface area contributed by atoms with Crippen molar-refractivity contribution in [3.05, 3.63) is 33.8 Å². The largest absolute Gasteiger partial charge is 0.451 e. The summed E-state index contributed by atoms with van der Waals surface area (Å²) < 4.78 is 4.98. The molecule has 1 aromatic carbocycles. The average Bonchev–Trinajstić information content (AvgIpc) is 2.47. The third-order valence-electron chi connectivity index (χ3n) is 2.59. The second-order valence-corrected chi connectivity index (χ2v) is 4.43. The van der Waals surface area contributed by atoms with Crippen molar-refractivity contribution in [2.75, 3.05) is 0 Å². The molecule has 84 valence electrons. The van der Waals surface area contributed by atoms with Crippen molar-refractivity contribution in [1.82, 2.24) is 0 Å². The van der Waals surface area contributed by atoms with E-state index in [9.17, 15) is 9.59 Å². The summed E-state index contributed by atoms with van der Waals surface area (Å²) in [4.78, 5) is 22.5. The van der Waals surface area contributed by atoms with Crippen LogP contribution in [0.4, 0.5) is 0 Å². The molecular formula is C11H8Cl2O3. The lowest BCUT2D eigenvalue weighted by atomic mass is 9.96. The van der Waals surface area contributed by atoms with Crippen LogP contribution in [-0.2, 0) is 14.3 Å². The van der Waals surface area contributed by atoms with E-state index in [1.54, 1.807) is 25.1 Å². The van der Waals surface area contributed by atoms with E-state index in [1.165, 1.54) is 0 Å². The number of halogens is 2. The molecule has 0 radical (unpaired) electrons. The lowest BCUT2D eigenvalue weighted by Gasteiger charge is -2.15. The number of hydrogen-bond donors (Lipinski definition) is 0. The number of ketones is 1. The van der Waals surface area contributed by atoms with Gasteiger partial charge in [0.15, 0.2) is 0 Å². The molecule has 0 aliphatic carbocycles. The predicted molar refractivity (Wildman–Crippen MR) is 59.5 cm³/mol. The Kier molecular flexibility index (Phi) is 2.91. The number of carbonyl (C=O) groups excluding carboxylic acids is 2. The molecule has 5 heteroatoms. The highest BCUT2D eigenvalue weighted by atomic mass is 35.5. The van der Waals surface area contributed by atoms with Crippen LogP contribution in [0.2, 0.25) is 10.0 Å². The van der Waals surface area contributed by atoms with Gasteiger partial charge in [0.05, 0.1) is 5.92 Å². The van der Waals surface area contributed by atoms with E-state index in [-0.39, 0.29) is 0 Å². The Bertz CT molecular complexity index is 450. The summed E-state index contributed by atoms with van der Waals surface area (Å²) in [5.74, 6) is -1.92. The van der Waals surface area contributed by atoms with Crippen molar-refractivity contribution in [2.24, 2.45) is 5.92 Å². The van der Waals surface area contributed by atoms with Crippen LogP contribution in [0.3, 0.4) is 0 Å². The molecule has 1 aliphatic rings. The van der Waals surface area contributed by atoms with Gasteiger partial charge < -0.3 is 4.74 Å². The highest BCUT2D eigenvalue weighted by molar-refractivity contribution is 6.38. The molecule has 2 atom stereocenters. The lowest BCUT2D eigenvalue weighted by Crippen LogP contribution is -2.12. The predicted octanol–water partition coefficient (Wildman–Crippen LogP) is 2.80. The summed E-state index contributed by atoms with van der Waals surface area (Å²) in [6, 6.07) is 4.98. The minimum Gasteiger partial charge on any atom is -0.451 e. The topological polar surface area (TPSA) is 43.4 Å². The monoisotopic (exact) mass is 258 g/mol. The number of hydrogen-bond acceptors (Lipinski definition) is 3. The molecule has 0 amide bonds. The van der Waals surface area contributed by atoms with E-state index in [0.29, 0.717) is 15.6 Å². The van der Waals surface area contributed by atoms with E-state index < -0.39 is 23.8 Å². The molecule has 16 heavy (non-hydrogen) atoms. The fraction of sp³-hybridized carbons (Fsp3) is 0.273. The van der Waals surface area contributed by atoms with Crippen LogP contribution in [0.25, 0.3) is 0 Å². The molecule has 1 aliphatic heterocycles. The molecule has 2 rings (SSSR count). The highest BCUT2D eigenvalue weighted by Crippen LogP contribution is 2.40. The van der Waals surface area contributed by atoms with E-state index in [0.717, 1.165) is 0 Å². The fourth-order valence-electron chi connectivity index (χ4n) is 1.69. The summed E-state index contributed by atoms with van der Waals surface area (Å²) in [5.41, 5.74) is 0.498. The summed E-state index contributed by atoms with van der Waals surface area (Å²) in [7, 11) is 0. The second-order valence-electron chi connectivity index (χ2n) is 3.61. The van der Waals surface area contributed by atoms with Crippen LogP contribution in [-0.4, -0.2) is 11.8 Å². The van der Waals surface area contributed by atoms with Gasteiger partial charge in [-0.2, -0.15) is 0 Å². The molecule has 0 saturated carbocycles. The van der Waals surface area contributed by atoms with E-state index in [2.05, 4.69) is 0 Å². The minimum absolute atomic E-state index is 0.395. The molecule has 0 N–H and O–H groups in total. The second kappa shape index (κ2) is 4.07. The zero-order valence-electron chi connectivity index (χ0n) is 8.37. The first-order valence-electron chi connectivity index (χ1n) is 4.71. The van der Waals surface area contributed by atoms with Crippen LogP contribution in [0, 0.1) is 5.92 Å². The standard InChI is InChI=1S/C11H8Cl2O3/c1-5-9(14)11(15)16-10(5)8-6(12)3-2-4-7(8)13/h2-5,10H,1H3/t5-,10+/m1/s1. The van der Waals surface area contributed by atoms with Crippen molar-refractivity contribution < 1.29 is 14.3 Å². The fourth-order valence-corrected chi connectivity index (χ4v) is 2.30. The number of rotatable bonds is 1. The number of ether oxygens (including phenoxy) is 1. The molecule has 1 aromatic rings. The Balaban J connectivity index is 2.46. The Morgan fingerprint density at radius 3 is 2.19 bits per heavy atom. The van der Waals surface area contributed by atoms with Gasteiger partial charge >= 0.3 is 5.97 Å². The van der Waals surface area contributed by atoms with Gasteiger partial charge in [-0.1, -0.05) is 36.2 Å². The minimum atomic E-state index is -0.825. The number of benzene rings is 1. The van der Waals surface area contributed by atoms with Gasteiger partial charge in [0.1, 0.15) is 6.10 Å². The molecule has 0 unspecified atom stereocenters. The molecule has 0 aromatic heterocycles. The van der Waals surface area contributed by atoms with Gasteiger partial charge in [-0.05, 0) is 12.1 Å². The summed E-state index contributed by atoms with van der Waals surface area (Å²) in [5, 5.41) is 0.790. The van der Waals surface area contributed by atoms with Crippen molar-refractivity contribution in [1.29, 1.82) is 0 Å². The maximum Gasteiger partial charge on any atom is 0.375 e. The van der Waals surface area contributed by atoms with Crippen molar-refractivity contribution in [3.8, 4) is 0 Å². The third-order valence-corrected chi connectivity index (χ3v) is 3.25. The van der Waals surface area contributed by atoms with E-state index in [4.69, 9.17) is 27.9 Å². The summed E-state index contributed by atoms with van der Waals surface area (Å²) in [6.45, 7) is 1.62. The summed E-state index contributed by atoms with van der Waals surface area (Å²) in [6.07, 6.45) is -0.679. The third kappa shape index (κ3) is 1.70. The molecule has 1 saturated heterocycles. The van der Waals surface area contributed by atoms with E-state index >= 15 is 0 Å². The highest BCUT2D eigenvalue weighted by Gasteiger charge is 2.42. The first-order valence-corrected chi connectivity index (χ1v) is 5.46. The summed E-state index contributed by atoms with van der Waals surface area (Å²) >= 11 is 12.0. The van der Waals surface area contributed by atoms with Crippen molar-refractivity contribution in [3.63, 3.8) is 0 Å². The molecule has 0 bridgehead atoms. The quantitative estimate of drug-likeness (QED) is 0.575. The van der Waals surface area contributed by atoms with Gasteiger partial charge in [0.25, 0.3) is 0 Å². The number of Topliss-reactive ketones (excluding diaryl/α,β-unsaturated/α-hetero) is 1. The average molecular weight is 259 g/mol. The Morgan fingerprint density at radius 1 is 1.19 bits per heavy atom. The number of esters is 1. The van der Waals surface area contributed by atoms with Gasteiger partial charge in [-0.25, -0.2) is 4.79 Å². The van der Waals surface area contributed by atoms with Crippen molar-refractivity contribution in [2.45, 2.75) is 13.0 Å². The van der Waals surface area contributed by atoms with Crippen LogP contribution >= 0.6 is 23.2 Å². The first kappa shape index (κ1) is 11.4. The Morgan fingerprint density at radius 2 is 1.75 bits per heavy atom. The molecular weight excluding hydrogens is 251 g/mol. The number of cyclic esters (lactones) is 1. The van der Waals surface area contributed by atoms with Gasteiger partial charge in [0.2, 0.25) is 5.78 Å². The zero-order chi connectivity index (χ0) is 11.9. The van der Waals surface area contributed by atoms with E-state index in [1.807, 2.05) is 0 Å². The van der Waals surface area contributed by atoms with Crippen LogP contribution < -0.4 is 0 Å². The Hall–Kier alpha value is -1.06. The van der Waals surface area contributed by atoms with Crippen LogP contribution in [0.15, 0.2) is 18.2 Å². The van der Waals surface area contributed by atoms with Gasteiger partial charge in [-0.3, -0.25) is 4.79 Å². The normalized spacial score (nSPS) is 24.7. The van der Waals surface area contributed by atoms with Gasteiger partial charge in [0, 0.05) is 15.6 Å². The smallest absolute Gasteiger partial charge is 0.375 e. The molecule has 0 spiro atoms. The SMILES string of the molecule is C[C@@H]1C(=O)C(=O)O[C@@H]1c1c(Cl)cccc1Cl. The maximum atomic E-state index is 11.4. The van der Waals surface area contributed by atoms with Crippen LogP contribution in [0.1, 0.15) is 18.6 Å².